The molecule has 6 saturated carbocycles. The van der Waals surface area contributed by atoms with Crippen LogP contribution in [-0.4, -0.2) is 39.1 Å². The zero-order valence-electron chi connectivity index (χ0n) is 30.5. The van der Waals surface area contributed by atoms with Crippen molar-refractivity contribution in [3.8, 4) is 0 Å². The van der Waals surface area contributed by atoms with E-state index in [0.29, 0.717) is 15.8 Å². The third-order valence-corrected chi connectivity index (χ3v) is 23.1. The van der Waals surface area contributed by atoms with Gasteiger partial charge in [-0.15, -0.1) is 0 Å². The van der Waals surface area contributed by atoms with Crippen LogP contribution in [0.15, 0.2) is 10.2 Å². The van der Waals surface area contributed by atoms with Crippen molar-refractivity contribution >= 4 is 40.3 Å². The van der Waals surface area contributed by atoms with Crippen molar-refractivity contribution in [3.05, 3.63) is 10.2 Å². The van der Waals surface area contributed by atoms with Gasteiger partial charge in [0.25, 0.3) is 0 Å². The van der Waals surface area contributed by atoms with Gasteiger partial charge in [-0.1, -0.05) is 131 Å². The first-order valence-electron chi connectivity index (χ1n) is 20.5. The maximum absolute atomic E-state index is 5.68. The molecule has 0 unspecified atom stereocenters. The summed E-state index contributed by atoms with van der Waals surface area (Å²) >= 11 is -2.47. The number of allylic oxidation sites excluding steroid dienone is 1. The van der Waals surface area contributed by atoms with Gasteiger partial charge in [0.15, 0.2) is 0 Å². The second kappa shape index (κ2) is 22.6. The first-order valence-corrected chi connectivity index (χ1v) is 30.3. The normalized spacial score (nSPS) is 26.1. The molecule has 6 aliphatic rings. The monoisotopic (exact) mass is 801 g/mol. The molecule has 0 radical (unpaired) electrons. The van der Waals surface area contributed by atoms with Crippen molar-refractivity contribution in [2.75, 3.05) is 0 Å². The van der Waals surface area contributed by atoms with Gasteiger partial charge in [-0.2, -0.15) is 0 Å². The Morgan fingerprint density at radius 1 is 0.413 bits per heavy atom. The molecular weight excluding hydrogens is 726 g/mol. The predicted molar refractivity (Wildman–Crippen MR) is 213 cm³/mol. The van der Waals surface area contributed by atoms with E-state index in [1.165, 1.54) is 72.5 Å². The fraction of sp³-hybridized carbons (Fsp3) is 0.927. The van der Waals surface area contributed by atoms with Gasteiger partial charge in [0.05, 0.1) is 0 Å². The summed E-state index contributed by atoms with van der Waals surface area (Å²) in [5.74, 6) is 0. The zero-order valence-corrected chi connectivity index (χ0v) is 35.5. The SMILES string of the molecule is C1CCC(P(C2CCCCC2)C2CCCCC2)CC1.C1CCC(P(C2CCCCC2)C2CCCCC2)CC1.[CH2]=[Ru]([Cl])([Cl])[CH]=C(C)C. The van der Waals surface area contributed by atoms with Gasteiger partial charge in [-0.05, 0) is 111 Å². The average molecular weight is 802 g/mol. The van der Waals surface area contributed by atoms with E-state index >= 15 is 0 Å². The summed E-state index contributed by atoms with van der Waals surface area (Å²) in [4.78, 5) is 0. The van der Waals surface area contributed by atoms with E-state index in [4.69, 9.17) is 19.4 Å². The molecule has 5 heteroatoms. The van der Waals surface area contributed by atoms with E-state index in [1.54, 1.807) is 154 Å². The summed E-state index contributed by atoms with van der Waals surface area (Å²) in [5.41, 5.74) is 8.29. The molecule has 6 aliphatic carbocycles. The van der Waals surface area contributed by atoms with Gasteiger partial charge in [0.1, 0.15) is 0 Å². The quantitative estimate of drug-likeness (QED) is 0.178. The Kier molecular flexibility index (Phi) is 19.8. The topological polar surface area (TPSA) is 0 Å². The molecule has 0 atom stereocenters. The fourth-order valence-corrected chi connectivity index (χ4v) is 23.0. The van der Waals surface area contributed by atoms with Gasteiger partial charge in [0.2, 0.25) is 0 Å². The van der Waals surface area contributed by atoms with Crippen LogP contribution in [0.25, 0.3) is 0 Å². The molecule has 0 heterocycles. The molecule has 0 aromatic carbocycles. The van der Waals surface area contributed by atoms with Gasteiger partial charge in [-0.25, -0.2) is 0 Å². The Bertz CT molecular complexity index is 721. The minimum atomic E-state index is -2.47. The van der Waals surface area contributed by atoms with Crippen molar-refractivity contribution in [1.29, 1.82) is 0 Å². The Balaban J connectivity index is 0.000000170. The molecule has 0 saturated heterocycles. The molecule has 0 N–H and O–H groups in total. The number of hydrogen-bond donors (Lipinski definition) is 0. The summed E-state index contributed by atoms with van der Waals surface area (Å²) < 4.78 is 1.86. The summed E-state index contributed by atoms with van der Waals surface area (Å²) in [5, 5.41) is 3.64. The van der Waals surface area contributed by atoms with Gasteiger partial charge in [-0.3, -0.25) is 0 Å². The Labute approximate surface area is 301 Å². The molecule has 0 bridgehead atoms. The Morgan fingerprint density at radius 3 is 0.696 bits per heavy atom. The summed E-state index contributed by atoms with van der Waals surface area (Å²) in [6, 6.07) is 0. The van der Waals surface area contributed by atoms with Crippen LogP contribution >= 0.6 is 35.2 Å². The van der Waals surface area contributed by atoms with E-state index in [1.807, 2.05) is 18.5 Å². The number of rotatable bonds is 7. The van der Waals surface area contributed by atoms with Gasteiger partial charge >= 0.3 is 60.9 Å². The van der Waals surface area contributed by atoms with Crippen LogP contribution in [0.3, 0.4) is 0 Å². The number of hydrogen-bond acceptors (Lipinski definition) is 0. The van der Waals surface area contributed by atoms with E-state index < -0.39 is 12.3 Å². The van der Waals surface area contributed by atoms with E-state index in [-0.39, 0.29) is 0 Å². The molecule has 0 aromatic heterocycles. The average Bonchev–Trinajstić information content (AvgIpc) is 3.08. The third-order valence-electron chi connectivity index (χ3n) is 12.3. The third kappa shape index (κ3) is 14.7. The molecule has 6 rings (SSSR count). The molecule has 0 aromatic rings. The van der Waals surface area contributed by atoms with Crippen LogP contribution in [0.4, 0.5) is 0 Å². The molecule has 0 amide bonds. The van der Waals surface area contributed by atoms with Crippen LogP contribution in [-0.2, 0) is 12.3 Å². The summed E-state index contributed by atoms with van der Waals surface area (Å²) in [7, 11) is 12.1. The van der Waals surface area contributed by atoms with Crippen molar-refractivity contribution in [1.82, 2.24) is 0 Å². The molecule has 271 valence electrons. The van der Waals surface area contributed by atoms with E-state index in [2.05, 4.69) is 5.11 Å². The summed E-state index contributed by atoms with van der Waals surface area (Å²) in [6.07, 6.45) is 47.2. The van der Waals surface area contributed by atoms with Crippen LogP contribution in [0.2, 0.25) is 0 Å². The van der Waals surface area contributed by atoms with Gasteiger partial charge in [0, 0.05) is 0 Å². The molecular formula is C41H75Cl2P2Ru. The summed E-state index contributed by atoms with van der Waals surface area (Å²) in [6.45, 7) is 3.93. The van der Waals surface area contributed by atoms with Crippen LogP contribution in [0.1, 0.15) is 206 Å². The standard InChI is InChI=1S/2C18H33P.C4H7.CH2.2ClH.Ru/c2*1-4-10-16(11-5-1)19(17-12-6-2-7-13-17)18-14-8-3-9-15-18;1-4(2)3;;;;/h2*16-18H,1-15H2;1H,2-3H3;1H2;2*1H;/q;;;;;;+2/p-2. The zero-order chi connectivity index (χ0) is 32.6. The Morgan fingerprint density at radius 2 is 0.587 bits per heavy atom. The molecule has 0 aliphatic heterocycles. The Hall–Kier alpha value is 1.67. The number of halogens is 2. The van der Waals surface area contributed by atoms with E-state index in [0.717, 1.165) is 5.57 Å². The van der Waals surface area contributed by atoms with Crippen molar-refractivity contribution < 1.29 is 12.3 Å². The molecule has 6 fully saturated rings. The van der Waals surface area contributed by atoms with Crippen LogP contribution in [0, 0.1) is 0 Å². The maximum atomic E-state index is 5.68. The predicted octanol–water partition coefficient (Wildman–Crippen LogP) is 15.7. The van der Waals surface area contributed by atoms with Crippen LogP contribution < -0.4 is 0 Å². The molecule has 0 nitrogen and oxygen atoms in total. The van der Waals surface area contributed by atoms with Gasteiger partial charge < -0.3 is 0 Å². The second-order valence-corrected chi connectivity index (χ2v) is 32.1. The first kappa shape index (κ1) is 40.4. The van der Waals surface area contributed by atoms with E-state index in [9.17, 15) is 0 Å². The minimum absolute atomic E-state index is 0.385. The van der Waals surface area contributed by atoms with Crippen LogP contribution in [0.5, 0.6) is 0 Å². The first-order chi connectivity index (χ1) is 22.3. The second-order valence-electron chi connectivity index (χ2n) is 16.4. The van der Waals surface area contributed by atoms with Crippen molar-refractivity contribution in [2.24, 2.45) is 0 Å². The van der Waals surface area contributed by atoms with Crippen molar-refractivity contribution in [3.63, 3.8) is 0 Å². The van der Waals surface area contributed by atoms with Crippen molar-refractivity contribution in [2.45, 2.75) is 240 Å². The molecule has 46 heavy (non-hydrogen) atoms. The molecule has 0 spiro atoms. The fourth-order valence-electron chi connectivity index (χ4n) is 10.4.